The summed E-state index contributed by atoms with van der Waals surface area (Å²) in [6.07, 6.45) is 1.11. The summed E-state index contributed by atoms with van der Waals surface area (Å²) in [5.74, 6) is 0.988. The van der Waals surface area contributed by atoms with Gasteiger partial charge in [-0.15, -0.1) is 0 Å². The third-order valence-corrected chi connectivity index (χ3v) is 4.27. The number of aliphatic hydroxyl groups excluding tert-OH is 2. The molecule has 1 saturated heterocycles. The summed E-state index contributed by atoms with van der Waals surface area (Å²) in [6, 6.07) is 0. The number of anilines is 1. The second-order valence-corrected chi connectivity index (χ2v) is 5.20. The van der Waals surface area contributed by atoms with Crippen molar-refractivity contribution in [3.63, 3.8) is 0 Å². The highest BCUT2D eigenvalue weighted by atomic mass is 32.2. The molecule has 1 fully saturated rings. The van der Waals surface area contributed by atoms with Gasteiger partial charge in [0.05, 0.1) is 24.0 Å². The highest BCUT2D eigenvalue weighted by molar-refractivity contribution is 7.99. The lowest BCUT2D eigenvalue weighted by atomic mass is 10.0. The fourth-order valence-corrected chi connectivity index (χ4v) is 3.32. The van der Waals surface area contributed by atoms with Crippen molar-refractivity contribution in [1.29, 1.82) is 0 Å². The number of ether oxygens (including phenoxy) is 1. The summed E-state index contributed by atoms with van der Waals surface area (Å²) in [6.45, 7) is -0.377. The molecule has 8 heteroatoms. The van der Waals surface area contributed by atoms with Crippen molar-refractivity contribution in [1.82, 2.24) is 9.97 Å². The number of aromatic nitrogens is 2. The van der Waals surface area contributed by atoms with Crippen LogP contribution in [0.15, 0.2) is 17.4 Å². The van der Waals surface area contributed by atoms with Crippen LogP contribution in [-0.4, -0.2) is 62.3 Å². The third kappa shape index (κ3) is 1.54. The van der Waals surface area contributed by atoms with Crippen LogP contribution in [0.2, 0.25) is 0 Å². The van der Waals surface area contributed by atoms with Gasteiger partial charge >= 0.3 is 0 Å². The standard InChI is InChI=1S/C10H13N3O4S/c14-2-8-10(16,7(15)3-17-8)13-5-18-6-1-11-4-12-9(6)13/h1,4,7-8,14-16H,2-3,5H2/t7-,8+,10+/m0/s1. The lowest BCUT2D eigenvalue weighted by Gasteiger charge is -2.39. The lowest BCUT2D eigenvalue weighted by Crippen LogP contribution is -2.61. The van der Waals surface area contributed by atoms with E-state index in [1.807, 2.05) is 0 Å². The molecule has 0 amide bonds. The molecule has 1 aromatic rings. The molecule has 0 radical (unpaired) electrons. The predicted octanol–water partition coefficient (Wildman–Crippen LogP) is -1.21. The molecule has 0 spiro atoms. The molecule has 3 rings (SSSR count). The molecule has 3 heterocycles. The summed E-state index contributed by atoms with van der Waals surface area (Å²) in [5.41, 5.74) is -1.65. The SMILES string of the molecule is OC[C@H]1OC[C@H](O)[C@]1(O)N1CSc2cncnc21. The molecule has 98 valence electrons. The molecule has 0 saturated carbocycles. The number of hydrogen-bond donors (Lipinski definition) is 3. The Balaban J connectivity index is 2.00. The minimum Gasteiger partial charge on any atom is -0.393 e. The maximum absolute atomic E-state index is 10.7. The normalized spacial score (nSPS) is 34.9. The molecule has 3 N–H and O–H groups in total. The zero-order valence-electron chi connectivity index (χ0n) is 9.43. The van der Waals surface area contributed by atoms with Crippen molar-refractivity contribution in [2.24, 2.45) is 0 Å². The van der Waals surface area contributed by atoms with Crippen molar-refractivity contribution < 1.29 is 20.1 Å². The minimum atomic E-state index is -1.65. The van der Waals surface area contributed by atoms with Gasteiger partial charge in [0.2, 0.25) is 0 Å². The van der Waals surface area contributed by atoms with E-state index in [0.717, 1.165) is 4.90 Å². The third-order valence-electron chi connectivity index (χ3n) is 3.28. The van der Waals surface area contributed by atoms with Gasteiger partial charge in [-0.05, 0) is 0 Å². The predicted molar refractivity (Wildman–Crippen MR) is 63.0 cm³/mol. The Labute approximate surface area is 107 Å². The highest BCUT2D eigenvalue weighted by Gasteiger charge is 2.56. The number of aliphatic hydroxyl groups is 3. The molecule has 18 heavy (non-hydrogen) atoms. The van der Waals surface area contributed by atoms with Crippen LogP contribution in [0.5, 0.6) is 0 Å². The maximum Gasteiger partial charge on any atom is 0.197 e. The van der Waals surface area contributed by atoms with Crippen LogP contribution in [0.4, 0.5) is 5.82 Å². The van der Waals surface area contributed by atoms with Gasteiger partial charge in [-0.3, -0.25) is 0 Å². The van der Waals surface area contributed by atoms with E-state index in [9.17, 15) is 15.3 Å². The van der Waals surface area contributed by atoms with Crippen molar-refractivity contribution in [2.45, 2.75) is 22.8 Å². The maximum atomic E-state index is 10.7. The molecule has 2 aliphatic rings. The number of rotatable bonds is 2. The van der Waals surface area contributed by atoms with E-state index in [1.165, 1.54) is 18.1 Å². The van der Waals surface area contributed by atoms with Gasteiger partial charge in [-0.1, -0.05) is 11.8 Å². The van der Waals surface area contributed by atoms with E-state index < -0.39 is 17.9 Å². The topological polar surface area (TPSA) is 98.9 Å². The monoisotopic (exact) mass is 271 g/mol. The first-order valence-electron chi connectivity index (χ1n) is 5.51. The van der Waals surface area contributed by atoms with E-state index in [1.54, 1.807) is 11.1 Å². The Morgan fingerprint density at radius 3 is 3.22 bits per heavy atom. The lowest BCUT2D eigenvalue weighted by molar-refractivity contribution is -0.0912. The fourth-order valence-electron chi connectivity index (χ4n) is 2.29. The highest BCUT2D eigenvalue weighted by Crippen LogP contribution is 2.43. The van der Waals surface area contributed by atoms with E-state index in [4.69, 9.17) is 4.74 Å². The van der Waals surface area contributed by atoms with E-state index >= 15 is 0 Å². The Kier molecular flexibility index (Phi) is 2.91. The smallest absolute Gasteiger partial charge is 0.197 e. The molecular formula is C10H13N3O4S. The quantitative estimate of drug-likeness (QED) is 0.616. The van der Waals surface area contributed by atoms with E-state index in [0.29, 0.717) is 11.7 Å². The summed E-state index contributed by atoms with van der Waals surface area (Å²) < 4.78 is 5.21. The van der Waals surface area contributed by atoms with Crippen LogP contribution in [0.3, 0.4) is 0 Å². The second kappa shape index (κ2) is 4.32. The first-order chi connectivity index (χ1) is 8.67. The zero-order valence-corrected chi connectivity index (χ0v) is 10.2. The van der Waals surface area contributed by atoms with Crippen LogP contribution < -0.4 is 4.90 Å². The largest absolute Gasteiger partial charge is 0.393 e. The van der Waals surface area contributed by atoms with Gasteiger partial charge in [0, 0.05) is 6.20 Å². The van der Waals surface area contributed by atoms with Crippen LogP contribution >= 0.6 is 11.8 Å². The van der Waals surface area contributed by atoms with Crippen molar-refractivity contribution in [2.75, 3.05) is 24.0 Å². The molecule has 2 aliphatic heterocycles. The summed E-state index contributed by atoms with van der Waals surface area (Å²) in [7, 11) is 0. The number of hydrogen-bond acceptors (Lipinski definition) is 8. The number of nitrogens with zero attached hydrogens (tertiary/aromatic N) is 3. The van der Waals surface area contributed by atoms with Crippen molar-refractivity contribution in [3.8, 4) is 0 Å². The number of thioether (sulfide) groups is 1. The van der Waals surface area contributed by atoms with Gasteiger partial charge < -0.3 is 25.0 Å². The molecule has 0 aliphatic carbocycles. The van der Waals surface area contributed by atoms with Crippen LogP contribution in [-0.2, 0) is 4.74 Å². The first kappa shape index (κ1) is 12.1. The Morgan fingerprint density at radius 2 is 2.44 bits per heavy atom. The van der Waals surface area contributed by atoms with Gasteiger partial charge in [0.15, 0.2) is 5.72 Å². The average Bonchev–Trinajstić information content (AvgIpc) is 2.93. The van der Waals surface area contributed by atoms with Crippen LogP contribution in [0.25, 0.3) is 0 Å². The second-order valence-electron chi connectivity index (χ2n) is 4.22. The first-order valence-corrected chi connectivity index (χ1v) is 6.49. The molecule has 1 aromatic heterocycles. The van der Waals surface area contributed by atoms with Gasteiger partial charge in [-0.25, -0.2) is 9.97 Å². The van der Waals surface area contributed by atoms with Crippen LogP contribution in [0, 0.1) is 0 Å². The Morgan fingerprint density at radius 1 is 1.61 bits per heavy atom. The average molecular weight is 271 g/mol. The van der Waals surface area contributed by atoms with Crippen molar-refractivity contribution in [3.05, 3.63) is 12.5 Å². The molecule has 0 unspecified atom stereocenters. The molecule has 3 atom stereocenters. The fraction of sp³-hybridized carbons (Fsp3) is 0.600. The summed E-state index contributed by atoms with van der Waals surface area (Å²) >= 11 is 1.47. The Hall–Kier alpha value is -0.930. The minimum absolute atomic E-state index is 0.0106. The number of fused-ring (bicyclic) bond motifs is 1. The van der Waals surface area contributed by atoms with E-state index in [2.05, 4.69) is 9.97 Å². The molecule has 0 aromatic carbocycles. The molecule has 0 bridgehead atoms. The zero-order chi connectivity index (χ0) is 12.8. The Bertz CT molecular complexity index is 463. The summed E-state index contributed by atoms with van der Waals surface area (Å²) in [4.78, 5) is 10.4. The van der Waals surface area contributed by atoms with Crippen molar-refractivity contribution >= 4 is 17.6 Å². The summed E-state index contributed by atoms with van der Waals surface area (Å²) in [5, 5.41) is 29.9. The molecular weight excluding hydrogens is 258 g/mol. The molecule has 7 nitrogen and oxygen atoms in total. The van der Waals surface area contributed by atoms with Crippen LogP contribution in [0.1, 0.15) is 0 Å². The van der Waals surface area contributed by atoms with Gasteiger partial charge in [0.1, 0.15) is 24.4 Å². The van der Waals surface area contributed by atoms with Gasteiger partial charge in [-0.2, -0.15) is 0 Å². The van der Waals surface area contributed by atoms with E-state index in [-0.39, 0.29) is 13.2 Å². The van der Waals surface area contributed by atoms with Gasteiger partial charge in [0.25, 0.3) is 0 Å².